The largest absolute Gasteiger partial charge is 0.508 e. The van der Waals surface area contributed by atoms with Crippen LogP contribution in [0.4, 0.5) is 0 Å². The van der Waals surface area contributed by atoms with Gasteiger partial charge in [-0.3, -0.25) is 24.0 Å². The Kier molecular flexibility index (Phi) is 12.1. The van der Waals surface area contributed by atoms with Crippen LogP contribution < -0.4 is 10.6 Å². The molecular weight excluding hydrogens is 598 g/mol. The number of rotatable bonds is 5. The molecule has 2 heterocycles. The van der Waals surface area contributed by atoms with Crippen molar-refractivity contribution in [1.82, 2.24) is 25.4 Å². The molecule has 3 N–H and O–H groups in total. The summed E-state index contributed by atoms with van der Waals surface area (Å²) in [5, 5.41) is 17.7. The molecule has 13 heteroatoms. The van der Waals surface area contributed by atoms with E-state index in [9.17, 15) is 29.1 Å². The number of nitrogens with one attached hydrogen (secondary N) is 2. The first kappa shape index (κ1) is 35.5. The van der Waals surface area contributed by atoms with E-state index < -0.39 is 65.8 Å². The Morgan fingerprint density at radius 3 is 2.22 bits per heavy atom. The molecule has 1 aromatic heterocycles. The normalized spacial score (nSPS) is 26.1. The third-order valence-corrected chi connectivity index (χ3v) is 9.17. The molecule has 3 rings (SSSR count). The van der Waals surface area contributed by atoms with Crippen molar-refractivity contribution in [3.8, 4) is 5.75 Å². The Hall–Kier alpha value is -4.00. The Balaban J connectivity index is 2.07. The number of thiazole rings is 1. The minimum Gasteiger partial charge on any atom is -0.508 e. The van der Waals surface area contributed by atoms with Crippen LogP contribution in [0.25, 0.3) is 0 Å². The van der Waals surface area contributed by atoms with E-state index in [0.29, 0.717) is 23.4 Å². The number of fused-ring (bicyclic) bond motifs is 2. The number of hydrogen-bond acceptors (Lipinski definition) is 9. The molecule has 1 aliphatic heterocycles. The molecule has 0 fully saturated rings. The average molecular weight is 644 g/mol. The summed E-state index contributed by atoms with van der Waals surface area (Å²) in [5.74, 6) is -3.66. The smallest absolute Gasteiger partial charge is 0.311 e. The minimum atomic E-state index is -1.24. The number of aromatic nitrogens is 1. The van der Waals surface area contributed by atoms with Gasteiger partial charge in [-0.05, 0) is 50.8 Å². The minimum absolute atomic E-state index is 0.0531. The second kappa shape index (κ2) is 15.3. The number of hydrogen-bond donors (Lipinski definition) is 3. The standard InChI is InChI=1S/C32H45N5O7S/c1-9-10-23-18(4)32(43)44-20(6)30(41)36(7)25(15-21-11-13-22(38)14-12-21)31(42)37(8)26(17(2)3)28(40)33-19(5)29-35-24(16-45-29)27(39)34-23/h11-14,16-20,23,25-26,38H,9-10,15H2,1-8H3,(H,33,40)(H,34,39)/t18-,19+,20+,23?,25+,26+/m1/s1. The van der Waals surface area contributed by atoms with Crippen LogP contribution in [0.2, 0.25) is 0 Å². The number of phenols is 1. The molecule has 0 aliphatic carbocycles. The first-order valence-corrected chi connectivity index (χ1v) is 16.1. The van der Waals surface area contributed by atoms with E-state index in [1.165, 1.54) is 54.3 Å². The van der Waals surface area contributed by atoms with Crippen LogP contribution in [-0.2, 0) is 30.3 Å². The van der Waals surface area contributed by atoms with E-state index in [1.54, 1.807) is 31.4 Å². The fraction of sp³-hybridized carbons (Fsp3) is 0.562. The van der Waals surface area contributed by atoms with E-state index >= 15 is 0 Å². The summed E-state index contributed by atoms with van der Waals surface area (Å²) in [6, 6.07) is 3.18. The van der Waals surface area contributed by atoms with E-state index in [-0.39, 0.29) is 23.8 Å². The predicted octanol–water partition coefficient (Wildman–Crippen LogP) is 3.06. The summed E-state index contributed by atoms with van der Waals surface area (Å²) >= 11 is 1.22. The summed E-state index contributed by atoms with van der Waals surface area (Å²) in [4.78, 5) is 74.9. The molecule has 4 amide bonds. The van der Waals surface area contributed by atoms with Crippen LogP contribution in [0.1, 0.15) is 81.5 Å². The van der Waals surface area contributed by atoms with Crippen LogP contribution in [0.3, 0.4) is 0 Å². The van der Waals surface area contributed by atoms with Gasteiger partial charge in [0, 0.05) is 31.9 Å². The molecule has 2 bridgehead atoms. The number of nitrogens with zero attached hydrogens (tertiary/aromatic N) is 3. The fourth-order valence-electron chi connectivity index (χ4n) is 5.43. The van der Waals surface area contributed by atoms with Gasteiger partial charge in [0.05, 0.1) is 12.0 Å². The Morgan fingerprint density at radius 1 is 0.978 bits per heavy atom. The number of carbonyl (C=O) groups is 5. The molecule has 246 valence electrons. The molecular formula is C32H45N5O7S. The molecule has 1 aromatic carbocycles. The highest BCUT2D eigenvalue weighted by Gasteiger charge is 2.39. The van der Waals surface area contributed by atoms with Crippen molar-refractivity contribution in [2.45, 2.75) is 91.1 Å². The zero-order chi connectivity index (χ0) is 33.6. The first-order chi connectivity index (χ1) is 21.2. The van der Waals surface area contributed by atoms with Crippen LogP contribution in [-0.4, -0.2) is 87.8 Å². The van der Waals surface area contributed by atoms with Crippen LogP contribution in [0, 0.1) is 11.8 Å². The highest BCUT2D eigenvalue weighted by atomic mass is 32.1. The van der Waals surface area contributed by atoms with Crippen molar-refractivity contribution in [3.05, 3.63) is 45.9 Å². The summed E-state index contributed by atoms with van der Waals surface area (Å²) in [6.45, 7) is 10.4. The predicted molar refractivity (Wildman–Crippen MR) is 169 cm³/mol. The van der Waals surface area contributed by atoms with Gasteiger partial charge in [0.15, 0.2) is 6.10 Å². The van der Waals surface area contributed by atoms with Gasteiger partial charge in [0.1, 0.15) is 28.5 Å². The van der Waals surface area contributed by atoms with E-state index in [0.717, 1.165) is 0 Å². The van der Waals surface area contributed by atoms with Gasteiger partial charge >= 0.3 is 5.97 Å². The molecule has 6 atom stereocenters. The van der Waals surface area contributed by atoms with Gasteiger partial charge < -0.3 is 30.3 Å². The molecule has 0 radical (unpaired) electrons. The van der Waals surface area contributed by atoms with E-state index in [4.69, 9.17) is 4.74 Å². The molecule has 12 nitrogen and oxygen atoms in total. The van der Waals surface area contributed by atoms with Gasteiger partial charge in [-0.2, -0.15) is 0 Å². The molecule has 0 saturated heterocycles. The molecule has 1 unspecified atom stereocenters. The quantitative estimate of drug-likeness (QED) is 0.420. The maximum absolute atomic E-state index is 14.2. The van der Waals surface area contributed by atoms with Crippen LogP contribution in [0.15, 0.2) is 29.6 Å². The van der Waals surface area contributed by atoms with Crippen molar-refractivity contribution in [3.63, 3.8) is 0 Å². The zero-order valence-electron chi connectivity index (χ0n) is 27.2. The summed E-state index contributed by atoms with van der Waals surface area (Å²) < 4.78 is 5.60. The van der Waals surface area contributed by atoms with E-state index in [2.05, 4.69) is 15.6 Å². The summed E-state index contributed by atoms with van der Waals surface area (Å²) in [5.41, 5.74) is 0.832. The molecule has 45 heavy (non-hydrogen) atoms. The maximum Gasteiger partial charge on any atom is 0.311 e. The fourth-order valence-corrected chi connectivity index (χ4v) is 6.24. The number of esters is 1. The number of amides is 4. The van der Waals surface area contributed by atoms with E-state index in [1.807, 2.05) is 20.8 Å². The topological polar surface area (TPSA) is 158 Å². The number of likely N-dealkylation sites (N-methyl/N-ethyl adjacent to an activating group) is 2. The number of aromatic hydroxyl groups is 1. The second-order valence-electron chi connectivity index (χ2n) is 12.0. The zero-order valence-corrected chi connectivity index (χ0v) is 28.0. The lowest BCUT2D eigenvalue weighted by Crippen LogP contribution is -2.58. The third-order valence-electron chi connectivity index (χ3n) is 8.15. The Labute approximate surface area is 268 Å². The van der Waals surface area contributed by atoms with Crippen LogP contribution in [0.5, 0.6) is 5.75 Å². The van der Waals surface area contributed by atoms with Crippen molar-refractivity contribution in [1.29, 1.82) is 0 Å². The number of carbonyl (C=O) groups excluding carboxylic acids is 5. The average Bonchev–Trinajstić information content (AvgIpc) is 3.49. The molecule has 2 aromatic rings. The van der Waals surface area contributed by atoms with Gasteiger partial charge in [0.2, 0.25) is 11.8 Å². The van der Waals surface area contributed by atoms with Crippen LogP contribution >= 0.6 is 11.3 Å². The van der Waals surface area contributed by atoms with Crippen molar-refractivity contribution < 1.29 is 33.8 Å². The molecule has 1 aliphatic rings. The SMILES string of the molecule is CCCC1NC(=O)c2csc(n2)[C@H](C)NC(=O)[C@H](C(C)C)N(C)C(=O)[C@H](Cc2ccc(O)cc2)N(C)C(=O)[C@H](C)OC(=O)[C@@H]1C. The van der Waals surface area contributed by atoms with Gasteiger partial charge in [-0.15, -0.1) is 11.3 Å². The number of benzene rings is 1. The lowest BCUT2D eigenvalue weighted by atomic mass is 9.97. The van der Waals surface area contributed by atoms with Crippen molar-refractivity contribution >= 4 is 40.9 Å². The van der Waals surface area contributed by atoms with Gasteiger partial charge in [-0.25, -0.2) is 4.98 Å². The summed E-state index contributed by atoms with van der Waals surface area (Å²) in [6.07, 6.45) is 0.00544. The number of ether oxygens (including phenoxy) is 1. The van der Waals surface area contributed by atoms with Crippen molar-refractivity contribution in [2.75, 3.05) is 14.1 Å². The highest BCUT2D eigenvalue weighted by molar-refractivity contribution is 7.09. The second-order valence-corrected chi connectivity index (χ2v) is 12.9. The summed E-state index contributed by atoms with van der Waals surface area (Å²) in [7, 11) is 2.98. The highest BCUT2D eigenvalue weighted by Crippen LogP contribution is 2.23. The lowest BCUT2D eigenvalue weighted by Gasteiger charge is -2.37. The number of cyclic esters (lactones) is 1. The Morgan fingerprint density at radius 2 is 1.62 bits per heavy atom. The number of phenolic OH excluding ortho intramolecular Hbond substituents is 1. The molecule has 0 spiro atoms. The lowest BCUT2D eigenvalue weighted by molar-refractivity contribution is -0.164. The monoisotopic (exact) mass is 643 g/mol. The van der Waals surface area contributed by atoms with Gasteiger partial charge in [-0.1, -0.05) is 39.3 Å². The molecule has 0 saturated carbocycles. The Bertz CT molecular complexity index is 1380. The van der Waals surface area contributed by atoms with Gasteiger partial charge in [0.25, 0.3) is 11.8 Å². The maximum atomic E-state index is 14.2. The third kappa shape index (κ3) is 8.59. The first-order valence-electron chi connectivity index (χ1n) is 15.2. The van der Waals surface area contributed by atoms with Crippen molar-refractivity contribution in [2.24, 2.45) is 11.8 Å².